The largest absolute Gasteiger partial charge is 0.462 e. The number of rotatable bonds is 3. The number of aryl methyl sites for hydroxylation is 1. The van der Waals surface area contributed by atoms with Crippen LogP contribution in [0.4, 0.5) is 10.8 Å². The third-order valence-corrected chi connectivity index (χ3v) is 5.87. The van der Waals surface area contributed by atoms with Gasteiger partial charge in [0, 0.05) is 23.9 Å². The molecule has 26 heavy (non-hydrogen) atoms. The molecule has 2 saturated heterocycles. The molecule has 0 bridgehead atoms. The summed E-state index contributed by atoms with van der Waals surface area (Å²) in [4.78, 5) is 29.4. The van der Waals surface area contributed by atoms with Crippen LogP contribution in [-0.4, -0.2) is 23.0 Å². The van der Waals surface area contributed by atoms with Gasteiger partial charge in [0.25, 0.3) is 0 Å². The van der Waals surface area contributed by atoms with Gasteiger partial charge in [-0.2, -0.15) is 0 Å². The maximum Gasteiger partial charge on any atom is 0.324 e. The summed E-state index contributed by atoms with van der Waals surface area (Å²) in [5, 5.41) is 5.89. The molecule has 1 aromatic carbocycles. The van der Waals surface area contributed by atoms with E-state index in [2.05, 4.69) is 10.3 Å². The molecule has 2 fully saturated rings. The maximum absolute atomic E-state index is 12.5. The number of anilines is 2. The van der Waals surface area contributed by atoms with Crippen LogP contribution in [0.3, 0.4) is 0 Å². The Morgan fingerprint density at radius 2 is 2.04 bits per heavy atom. The average Bonchev–Trinajstić information content (AvgIpc) is 3.22. The summed E-state index contributed by atoms with van der Waals surface area (Å²) in [7, 11) is 0. The molecule has 0 amide bonds. The first-order valence-electron chi connectivity index (χ1n) is 8.56. The van der Waals surface area contributed by atoms with E-state index in [0.29, 0.717) is 12.1 Å². The molecule has 1 N–H and O–H groups in total. The van der Waals surface area contributed by atoms with Crippen molar-refractivity contribution in [3.8, 4) is 0 Å². The number of carbonyl (C=O) groups is 2. The molecule has 1 aromatic heterocycles. The number of cyclic esters (lactones) is 2. The molecule has 4 rings (SSSR count). The lowest BCUT2D eigenvalue weighted by Gasteiger charge is -2.20. The number of aromatic nitrogens is 1. The number of ether oxygens (including phenoxy) is 2. The van der Waals surface area contributed by atoms with Crippen LogP contribution in [0.1, 0.15) is 37.9 Å². The van der Waals surface area contributed by atoms with E-state index in [4.69, 9.17) is 9.47 Å². The van der Waals surface area contributed by atoms with Gasteiger partial charge in [0.05, 0.1) is 5.69 Å². The van der Waals surface area contributed by atoms with Crippen molar-refractivity contribution in [1.82, 2.24) is 4.98 Å². The van der Waals surface area contributed by atoms with E-state index in [-0.39, 0.29) is 12.5 Å². The van der Waals surface area contributed by atoms with Crippen molar-refractivity contribution in [1.29, 1.82) is 0 Å². The molecule has 7 heteroatoms. The predicted molar refractivity (Wildman–Crippen MR) is 97.2 cm³/mol. The summed E-state index contributed by atoms with van der Waals surface area (Å²) in [6, 6.07) is 7.95. The zero-order valence-corrected chi connectivity index (χ0v) is 15.7. The second-order valence-corrected chi connectivity index (χ2v) is 8.14. The first-order valence-corrected chi connectivity index (χ1v) is 9.44. The number of hydrogen-bond donors (Lipinski definition) is 1. The number of hydrogen-bond acceptors (Lipinski definition) is 7. The summed E-state index contributed by atoms with van der Waals surface area (Å²) < 4.78 is 10.9. The van der Waals surface area contributed by atoms with Gasteiger partial charge in [-0.05, 0) is 32.4 Å². The molecule has 6 nitrogen and oxygen atoms in total. The van der Waals surface area contributed by atoms with Crippen LogP contribution in [0.5, 0.6) is 0 Å². The highest BCUT2D eigenvalue weighted by atomic mass is 32.1. The third kappa shape index (κ3) is 2.58. The quantitative estimate of drug-likeness (QED) is 0.654. The summed E-state index contributed by atoms with van der Waals surface area (Å²) in [6.07, 6.45) is 0.347. The van der Waals surface area contributed by atoms with Gasteiger partial charge in [0.1, 0.15) is 6.10 Å². The Kier molecular flexibility index (Phi) is 3.80. The van der Waals surface area contributed by atoms with Gasteiger partial charge in [0.15, 0.2) is 16.1 Å². The first kappa shape index (κ1) is 17.0. The Morgan fingerprint density at radius 1 is 1.27 bits per heavy atom. The van der Waals surface area contributed by atoms with E-state index in [1.165, 1.54) is 11.3 Å². The van der Waals surface area contributed by atoms with Crippen LogP contribution in [0.25, 0.3) is 0 Å². The van der Waals surface area contributed by atoms with E-state index >= 15 is 0 Å². The van der Waals surface area contributed by atoms with Crippen LogP contribution in [-0.2, 0) is 24.7 Å². The fourth-order valence-electron chi connectivity index (χ4n) is 3.75. The van der Waals surface area contributed by atoms with Crippen LogP contribution >= 0.6 is 11.3 Å². The first-order chi connectivity index (χ1) is 12.3. The molecule has 136 valence electrons. The van der Waals surface area contributed by atoms with E-state index in [0.717, 1.165) is 16.4 Å². The molecule has 0 saturated carbocycles. The topological polar surface area (TPSA) is 77.5 Å². The van der Waals surface area contributed by atoms with E-state index < -0.39 is 23.0 Å². The average molecular weight is 372 g/mol. The minimum absolute atomic E-state index is 0.259. The van der Waals surface area contributed by atoms with Gasteiger partial charge in [-0.25, -0.2) is 4.98 Å². The molecule has 2 aliphatic heterocycles. The number of esters is 2. The normalized spacial score (nSPS) is 30.5. The highest BCUT2D eigenvalue weighted by Crippen LogP contribution is 2.52. The molecular weight excluding hydrogens is 352 g/mol. The monoisotopic (exact) mass is 372 g/mol. The number of para-hydroxylation sites is 1. The van der Waals surface area contributed by atoms with Crippen molar-refractivity contribution in [2.24, 2.45) is 5.41 Å². The lowest BCUT2D eigenvalue weighted by Crippen LogP contribution is -2.31. The zero-order chi connectivity index (χ0) is 18.5. The summed E-state index contributed by atoms with van der Waals surface area (Å²) in [5.74, 6) is -0.983. The van der Waals surface area contributed by atoms with Gasteiger partial charge in [-0.3, -0.25) is 9.59 Å². The summed E-state index contributed by atoms with van der Waals surface area (Å²) in [5.41, 5.74) is 0.621. The standard InChI is InChI=1S/C19H20N2O4S/c1-11-6-4-5-7-13(11)20-17-21-14(9-26-17)18(3)10-19(16(23)25-18)8-12(2)24-15(19)22/h4-7,9,12H,8,10H2,1-3H3,(H,20,21)/t12-,18-,19-/m0/s1. The highest BCUT2D eigenvalue weighted by molar-refractivity contribution is 7.13. The van der Waals surface area contributed by atoms with Crippen LogP contribution in [0.2, 0.25) is 0 Å². The van der Waals surface area contributed by atoms with Gasteiger partial charge in [-0.1, -0.05) is 18.2 Å². The van der Waals surface area contributed by atoms with Crippen molar-refractivity contribution in [2.75, 3.05) is 5.32 Å². The molecule has 0 radical (unpaired) electrons. The number of benzene rings is 1. The number of carbonyl (C=O) groups excluding carboxylic acids is 2. The Morgan fingerprint density at radius 3 is 2.73 bits per heavy atom. The third-order valence-electron chi connectivity index (χ3n) is 5.12. The Labute approximate surface area is 155 Å². The fraction of sp³-hybridized carbons (Fsp3) is 0.421. The molecule has 0 unspecified atom stereocenters. The van der Waals surface area contributed by atoms with Crippen LogP contribution < -0.4 is 5.32 Å². The number of thiazole rings is 1. The predicted octanol–water partition coefficient (Wildman–Crippen LogP) is 3.68. The van der Waals surface area contributed by atoms with Crippen LogP contribution in [0, 0.1) is 12.3 Å². The Hall–Kier alpha value is -2.41. The van der Waals surface area contributed by atoms with Gasteiger partial charge in [0.2, 0.25) is 0 Å². The molecule has 3 heterocycles. The van der Waals surface area contributed by atoms with Crippen molar-refractivity contribution < 1.29 is 19.1 Å². The Bertz CT molecular complexity index is 895. The summed E-state index contributed by atoms with van der Waals surface area (Å²) >= 11 is 1.44. The van der Waals surface area contributed by atoms with E-state index in [9.17, 15) is 9.59 Å². The van der Waals surface area contributed by atoms with E-state index in [1.807, 2.05) is 43.5 Å². The van der Waals surface area contributed by atoms with Crippen molar-refractivity contribution in [2.45, 2.75) is 45.3 Å². The minimum Gasteiger partial charge on any atom is -0.462 e. The van der Waals surface area contributed by atoms with Crippen LogP contribution in [0.15, 0.2) is 29.6 Å². The van der Waals surface area contributed by atoms with Crippen molar-refractivity contribution >= 4 is 34.1 Å². The van der Waals surface area contributed by atoms with Gasteiger partial charge >= 0.3 is 11.9 Å². The molecule has 3 atom stereocenters. The second-order valence-electron chi connectivity index (χ2n) is 7.28. The zero-order valence-electron chi connectivity index (χ0n) is 14.9. The maximum atomic E-state index is 12.5. The second kappa shape index (κ2) is 5.81. The lowest BCUT2D eigenvalue weighted by molar-refractivity contribution is -0.160. The molecule has 2 aliphatic rings. The highest BCUT2D eigenvalue weighted by Gasteiger charge is 2.65. The number of nitrogens with zero attached hydrogens (tertiary/aromatic N) is 1. The number of nitrogens with one attached hydrogen (secondary N) is 1. The molecule has 2 aromatic rings. The Balaban J connectivity index is 1.59. The molecular formula is C19H20N2O4S. The van der Waals surface area contributed by atoms with Crippen molar-refractivity contribution in [3.63, 3.8) is 0 Å². The lowest BCUT2D eigenvalue weighted by atomic mass is 9.78. The van der Waals surface area contributed by atoms with E-state index in [1.54, 1.807) is 6.92 Å². The van der Waals surface area contributed by atoms with Crippen molar-refractivity contribution in [3.05, 3.63) is 40.9 Å². The van der Waals surface area contributed by atoms with Gasteiger partial charge in [-0.15, -0.1) is 11.3 Å². The van der Waals surface area contributed by atoms with Gasteiger partial charge < -0.3 is 14.8 Å². The minimum atomic E-state index is -1.19. The smallest absolute Gasteiger partial charge is 0.324 e. The molecule has 0 aliphatic carbocycles. The fourth-order valence-corrected chi connectivity index (χ4v) is 4.60. The SMILES string of the molecule is Cc1ccccc1Nc1nc([C@]2(C)C[C@]3(C[C@H](C)OC3=O)C(=O)O2)cs1. The summed E-state index contributed by atoms with van der Waals surface area (Å²) in [6.45, 7) is 5.62. The molecule has 1 spiro atoms.